The Hall–Kier alpha value is -0.520. The Kier molecular flexibility index (Phi) is 6.58. The lowest BCUT2D eigenvalue weighted by Crippen LogP contribution is -2.43. The molecule has 2 nitrogen and oxygen atoms in total. The summed E-state index contributed by atoms with van der Waals surface area (Å²) in [7, 11) is 0. The minimum absolute atomic E-state index is 0.522. The normalized spacial score (nSPS) is 23.5. The summed E-state index contributed by atoms with van der Waals surface area (Å²) >= 11 is 0. The van der Waals surface area contributed by atoms with E-state index in [1.807, 2.05) is 0 Å². The molecule has 0 unspecified atom stereocenters. The molecular formula is C19H34N2. The second-order valence-corrected chi connectivity index (χ2v) is 7.59. The van der Waals surface area contributed by atoms with Crippen molar-refractivity contribution in [2.75, 3.05) is 32.7 Å². The summed E-state index contributed by atoms with van der Waals surface area (Å²) in [4.78, 5) is 5.33. The van der Waals surface area contributed by atoms with Gasteiger partial charge in [0.1, 0.15) is 0 Å². The molecule has 2 rings (SSSR count). The predicted octanol–water partition coefficient (Wildman–Crippen LogP) is 3.48. The van der Waals surface area contributed by atoms with E-state index in [2.05, 4.69) is 49.3 Å². The lowest BCUT2D eigenvalue weighted by atomic mass is 9.92. The molecule has 2 aliphatic rings. The third-order valence-corrected chi connectivity index (χ3v) is 5.06. The van der Waals surface area contributed by atoms with Gasteiger partial charge in [0.25, 0.3) is 0 Å². The summed E-state index contributed by atoms with van der Waals surface area (Å²) in [6.07, 6.45) is 5.35. The van der Waals surface area contributed by atoms with Crippen molar-refractivity contribution in [2.24, 2.45) is 17.8 Å². The quantitative estimate of drug-likeness (QED) is 0.734. The average Bonchev–Trinajstić information content (AvgIpc) is 2.47. The molecule has 0 radical (unpaired) electrons. The van der Waals surface area contributed by atoms with Crippen LogP contribution in [0.1, 0.15) is 53.4 Å². The van der Waals surface area contributed by atoms with E-state index in [4.69, 9.17) is 0 Å². The fraction of sp³-hybridized carbons (Fsp3) is 0.895. The highest BCUT2D eigenvalue weighted by Gasteiger charge is 2.24. The fourth-order valence-electron chi connectivity index (χ4n) is 3.56. The molecule has 21 heavy (non-hydrogen) atoms. The topological polar surface area (TPSA) is 6.48 Å². The average molecular weight is 290 g/mol. The number of likely N-dealkylation sites (tertiary alicyclic amines) is 2. The van der Waals surface area contributed by atoms with E-state index in [-0.39, 0.29) is 0 Å². The van der Waals surface area contributed by atoms with Gasteiger partial charge in [-0.2, -0.15) is 0 Å². The molecule has 0 aromatic heterocycles. The highest BCUT2D eigenvalue weighted by molar-refractivity contribution is 5.06. The molecule has 2 saturated heterocycles. The lowest BCUT2D eigenvalue weighted by Gasteiger charge is -2.38. The maximum absolute atomic E-state index is 3.48. The summed E-state index contributed by atoms with van der Waals surface area (Å²) in [5, 5.41) is 0. The van der Waals surface area contributed by atoms with Gasteiger partial charge in [0.05, 0.1) is 0 Å². The molecule has 0 amide bonds. The Morgan fingerprint density at radius 1 is 0.905 bits per heavy atom. The SMILES string of the molecule is CC(C)C#CC1CCN(CC2CCN(C(C)C)CC2)CC1. The first-order chi connectivity index (χ1) is 10.0. The number of piperidine rings is 2. The molecule has 0 spiro atoms. The first kappa shape index (κ1) is 16.8. The first-order valence-corrected chi connectivity index (χ1v) is 9.02. The summed E-state index contributed by atoms with van der Waals surface area (Å²) < 4.78 is 0. The van der Waals surface area contributed by atoms with E-state index < -0.39 is 0 Å². The Labute approximate surface area is 132 Å². The van der Waals surface area contributed by atoms with Crippen molar-refractivity contribution in [1.29, 1.82) is 0 Å². The van der Waals surface area contributed by atoms with Gasteiger partial charge in [-0.3, -0.25) is 0 Å². The Morgan fingerprint density at radius 3 is 2.05 bits per heavy atom. The van der Waals surface area contributed by atoms with Crippen molar-refractivity contribution in [3.63, 3.8) is 0 Å². The van der Waals surface area contributed by atoms with Crippen LogP contribution in [-0.2, 0) is 0 Å². The maximum atomic E-state index is 3.48. The molecule has 2 aliphatic heterocycles. The van der Waals surface area contributed by atoms with Gasteiger partial charge in [-0.05, 0) is 71.6 Å². The highest BCUT2D eigenvalue weighted by atomic mass is 15.2. The van der Waals surface area contributed by atoms with Crippen LogP contribution in [-0.4, -0.2) is 48.6 Å². The zero-order valence-corrected chi connectivity index (χ0v) is 14.6. The summed E-state index contributed by atoms with van der Waals surface area (Å²) in [5.74, 6) is 8.94. The van der Waals surface area contributed by atoms with E-state index >= 15 is 0 Å². The van der Waals surface area contributed by atoms with Crippen LogP contribution in [0.15, 0.2) is 0 Å². The molecule has 2 heteroatoms. The van der Waals surface area contributed by atoms with E-state index in [1.165, 1.54) is 58.4 Å². The minimum Gasteiger partial charge on any atom is -0.303 e. The van der Waals surface area contributed by atoms with Gasteiger partial charge in [-0.15, -0.1) is 5.92 Å². The molecule has 0 aromatic rings. The van der Waals surface area contributed by atoms with Gasteiger partial charge < -0.3 is 9.80 Å². The first-order valence-electron chi connectivity index (χ1n) is 9.02. The molecule has 2 heterocycles. The summed E-state index contributed by atoms with van der Waals surface area (Å²) in [6, 6.07) is 0.723. The van der Waals surface area contributed by atoms with Crippen LogP contribution < -0.4 is 0 Å². The van der Waals surface area contributed by atoms with Gasteiger partial charge in [-0.25, -0.2) is 0 Å². The van der Waals surface area contributed by atoms with Gasteiger partial charge >= 0.3 is 0 Å². The van der Waals surface area contributed by atoms with E-state index in [9.17, 15) is 0 Å². The van der Waals surface area contributed by atoms with Gasteiger partial charge in [0, 0.05) is 24.4 Å². The fourth-order valence-corrected chi connectivity index (χ4v) is 3.56. The van der Waals surface area contributed by atoms with Crippen LogP contribution in [0.2, 0.25) is 0 Å². The molecule has 0 saturated carbocycles. The molecule has 2 fully saturated rings. The highest BCUT2D eigenvalue weighted by Crippen LogP contribution is 2.23. The van der Waals surface area contributed by atoms with Crippen LogP contribution in [0, 0.1) is 29.6 Å². The van der Waals surface area contributed by atoms with Crippen LogP contribution >= 0.6 is 0 Å². The molecule has 120 valence electrons. The number of nitrogens with zero attached hydrogens (tertiary/aromatic N) is 2. The molecule has 0 bridgehead atoms. The number of hydrogen-bond donors (Lipinski definition) is 0. The third-order valence-electron chi connectivity index (χ3n) is 5.06. The zero-order valence-electron chi connectivity index (χ0n) is 14.6. The zero-order chi connectivity index (χ0) is 15.2. The largest absolute Gasteiger partial charge is 0.303 e. The van der Waals surface area contributed by atoms with Crippen molar-refractivity contribution in [2.45, 2.75) is 59.4 Å². The van der Waals surface area contributed by atoms with Crippen molar-refractivity contribution < 1.29 is 0 Å². The predicted molar refractivity (Wildman–Crippen MR) is 91.2 cm³/mol. The lowest BCUT2D eigenvalue weighted by molar-refractivity contribution is 0.109. The number of rotatable bonds is 3. The molecule has 0 aromatic carbocycles. The Balaban J connectivity index is 1.67. The van der Waals surface area contributed by atoms with Crippen LogP contribution in [0.4, 0.5) is 0 Å². The Morgan fingerprint density at radius 2 is 1.52 bits per heavy atom. The smallest absolute Gasteiger partial charge is 0.0227 e. The summed E-state index contributed by atoms with van der Waals surface area (Å²) in [5.41, 5.74) is 0. The second-order valence-electron chi connectivity index (χ2n) is 7.59. The van der Waals surface area contributed by atoms with Crippen LogP contribution in [0.5, 0.6) is 0 Å². The van der Waals surface area contributed by atoms with Crippen LogP contribution in [0.25, 0.3) is 0 Å². The van der Waals surface area contributed by atoms with Crippen molar-refractivity contribution in [1.82, 2.24) is 9.80 Å². The maximum Gasteiger partial charge on any atom is 0.0227 e. The van der Waals surface area contributed by atoms with Crippen molar-refractivity contribution >= 4 is 0 Å². The molecule has 0 atom stereocenters. The third kappa shape index (κ3) is 5.64. The van der Waals surface area contributed by atoms with Gasteiger partial charge in [0.15, 0.2) is 0 Å². The van der Waals surface area contributed by atoms with Crippen molar-refractivity contribution in [3.05, 3.63) is 0 Å². The minimum atomic E-state index is 0.522. The van der Waals surface area contributed by atoms with Gasteiger partial charge in [-0.1, -0.05) is 19.8 Å². The Bertz CT molecular complexity index is 347. The van der Waals surface area contributed by atoms with E-state index in [1.54, 1.807) is 0 Å². The van der Waals surface area contributed by atoms with Crippen LogP contribution in [0.3, 0.4) is 0 Å². The molecule has 0 N–H and O–H groups in total. The summed E-state index contributed by atoms with van der Waals surface area (Å²) in [6.45, 7) is 15.5. The molecular weight excluding hydrogens is 256 g/mol. The van der Waals surface area contributed by atoms with Crippen molar-refractivity contribution in [3.8, 4) is 11.8 Å². The monoisotopic (exact) mass is 290 g/mol. The number of hydrogen-bond acceptors (Lipinski definition) is 2. The second kappa shape index (κ2) is 8.20. The van der Waals surface area contributed by atoms with Gasteiger partial charge in [0.2, 0.25) is 0 Å². The standard InChI is InChI=1S/C19H34N2/c1-16(2)5-6-18-7-11-20(12-8-18)15-19-9-13-21(14-10-19)17(3)4/h16-19H,7-15H2,1-4H3. The van der Waals surface area contributed by atoms with E-state index in [0.717, 1.165) is 12.0 Å². The van der Waals surface area contributed by atoms with E-state index in [0.29, 0.717) is 11.8 Å². The molecule has 0 aliphatic carbocycles.